The number of ether oxygens (including phenoxy) is 2. The molecular formula is C20H21NO2. The molecule has 0 fully saturated rings. The predicted molar refractivity (Wildman–Crippen MR) is 97.2 cm³/mol. The highest BCUT2D eigenvalue weighted by molar-refractivity contribution is 5.98. The highest BCUT2D eigenvalue weighted by Gasteiger charge is 2.15. The van der Waals surface area contributed by atoms with Crippen molar-refractivity contribution in [2.45, 2.75) is 0 Å². The van der Waals surface area contributed by atoms with Crippen molar-refractivity contribution < 1.29 is 9.47 Å². The van der Waals surface area contributed by atoms with Crippen molar-refractivity contribution in [2.24, 2.45) is 0 Å². The van der Waals surface area contributed by atoms with E-state index < -0.39 is 0 Å². The van der Waals surface area contributed by atoms with E-state index in [1.165, 1.54) is 22.4 Å². The number of allylic oxidation sites excluding steroid dienone is 2. The molecule has 0 aliphatic heterocycles. The van der Waals surface area contributed by atoms with Crippen LogP contribution in [0, 0.1) is 0 Å². The molecule has 118 valence electrons. The van der Waals surface area contributed by atoms with Gasteiger partial charge in [-0.05, 0) is 52.6 Å². The molecule has 0 spiro atoms. The van der Waals surface area contributed by atoms with Crippen LogP contribution in [-0.4, -0.2) is 28.3 Å². The molecule has 0 atom stereocenters. The summed E-state index contributed by atoms with van der Waals surface area (Å²) < 4.78 is 10.8. The first-order valence-corrected chi connectivity index (χ1v) is 7.56. The zero-order valence-electron chi connectivity index (χ0n) is 14.0. The quantitative estimate of drug-likeness (QED) is 0.839. The molecule has 0 saturated heterocycles. The van der Waals surface area contributed by atoms with Crippen LogP contribution in [0.5, 0.6) is 11.5 Å². The van der Waals surface area contributed by atoms with Gasteiger partial charge in [0.05, 0.1) is 14.2 Å². The van der Waals surface area contributed by atoms with Crippen LogP contribution in [0.4, 0.5) is 5.69 Å². The summed E-state index contributed by atoms with van der Waals surface area (Å²) in [6.07, 6.45) is 6.43. The zero-order chi connectivity index (χ0) is 16.4. The molecule has 2 aromatic rings. The van der Waals surface area contributed by atoms with Gasteiger partial charge in [0, 0.05) is 19.8 Å². The summed E-state index contributed by atoms with van der Waals surface area (Å²) in [6.45, 7) is 0. The molecule has 3 rings (SSSR count). The minimum atomic E-state index is 0.754. The molecule has 3 heteroatoms. The predicted octanol–water partition coefficient (Wildman–Crippen LogP) is 4.34. The van der Waals surface area contributed by atoms with E-state index >= 15 is 0 Å². The van der Waals surface area contributed by atoms with E-state index in [1.54, 1.807) is 14.2 Å². The van der Waals surface area contributed by atoms with Gasteiger partial charge in [0.15, 0.2) is 11.5 Å². The molecular weight excluding hydrogens is 286 g/mol. The summed E-state index contributed by atoms with van der Waals surface area (Å²) in [5.41, 5.74) is 5.87. The molecule has 23 heavy (non-hydrogen) atoms. The maximum atomic E-state index is 5.42. The van der Waals surface area contributed by atoms with Crippen molar-refractivity contribution in [3.63, 3.8) is 0 Å². The van der Waals surface area contributed by atoms with Crippen LogP contribution in [0.1, 0.15) is 16.7 Å². The highest BCUT2D eigenvalue weighted by atomic mass is 16.5. The number of methoxy groups -OCH3 is 2. The number of nitrogens with zero attached hydrogens (tertiary/aromatic N) is 1. The molecule has 2 aromatic carbocycles. The van der Waals surface area contributed by atoms with E-state index in [0.717, 1.165) is 17.1 Å². The summed E-state index contributed by atoms with van der Waals surface area (Å²) >= 11 is 0. The Morgan fingerprint density at radius 2 is 1.52 bits per heavy atom. The maximum absolute atomic E-state index is 5.42. The van der Waals surface area contributed by atoms with Crippen molar-refractivity contribution in [2.75, 3.05) is 33.2 Å². The third-order valence-electron chi connectivity index (χ3n) is 4.04. The van der Waals surface area contributed by atoms with E-state index in [9.17, 15) is 0 Å². The second kappa shape index (κ2) is 6.21. The SMILES string of the molecule is COc1cc2c(cc1OC)/C(=C/c1ccc(N(C)C)cc1)C=C2. The molecule has 0 saturated carbocycles. The Morgan fingerprint density at radius 3 is 2.13 bits per heavy atom. The number of hydrogen-bond acceptors (Lipinski definition) is 3. The molecule has 0 radical (unpaired) electrons. The van der Waals surface area contributed by atoms with Crippen molar-refractivity contribution in [1.82, 2.24) is 0 Å². The molecule has 1 aliphatic rings. The zero-order valence-corrected chi connectivity index (χ0v) is 14.0. The first kappa shape index (κ1) is 15.2. The Kier molecular flexibility index (Phi) is 4.11. The van der Waals surface area contributed by atoms with E-state index in [-0.39, 0.29) is 0 Å². The number of rotatable bonds is 4. The molecule has 1 aliphatic carbocycles. The van der Waals surface area contributed by atoms with E-state index in [2.05, 4.69) is 47.4 Å². The molecule has 0 N–H and O–H groups in total. The summed E-state index contributed by atoms with van der Waals surface area (Å²) in [4.78, 5) is 2.10. The third-order valence-corrected chi connectivity index (χ3v) is 4.04. The second-order valence-electron chi connectivity index (χ2n) is 5.71. The largest absolute Gasteiger partial charge is 0.493 e. The van der Waals surface area contributed by atoms with Gasteiger partial charge in [0.2, 0.25) is 0 Å². The lowest BCUT2D eigenvalue weighted by Gasteiger charge is -2.12. The average molecular weight is 307 g/mol. The number of fused-ring (bicyclic) bond motifs is 1. The van der Waals surface area contributed by atoms with Gasteiger partial charge in [0.25, 0.3) is 0 Å². The normalized spacial score (nSPS) is 14.0. The summed E-state index contributed by atoms with van der Waals surface area (Å²) in [6, 6.07) is 12.6. The van der Waals surface area contributed by atoms with E-state index in [1.807, 2.05) is 26.2 Å². The van der Waals surface area contributed by atoms with Gasteiger partial charge in [-0.15, -0.1) is 0 Å². The van der Waals surface area contributed by atoms with Crippen LogP contribution < -0.4 is 14.4 Å². The van der Waals surface area contributed by atoms with Gasteiger partial charge in [-0.3, -0.25) is 0 Å². The van der Waals surface area contributed by atoms with Crippen molar-refractivity contribution in [1.29, 1.82) is 0 Å². The highest BCUT2D eigenvalue weighted by Crippen LogP contribution is 2.39. The molecule has 0 aromatic heterocycles. The fourth-order valence-corrected chi connectivity index (χ4v) is 2.73. The van der Waals surface area contributed by atoms with E-state index in [4.69, 9.17) is 9.47 Å². The van der Waals surface area contributed by atoms with Gasteiger partial charge in [0.1, 0.15) is 0 Å². The van der Waals surface area contributed by atoms with Crippen molar-refractivity contribution in [3.8, 4) is 11.5 Å². The number of hydrogen-bond donors (Lipinski definition) is 0. The van der Waals surface area contributed by atoms with Crippen LogP contribution in [0.2, 0.25) is 0 Å². The first-order valence-electron chi connectivity index (χ1n) is 7.56. The third kappa shape index (κ3) is 2.95. The Hall–Kier alpha value is -2.68. The Balaban J connectivity index is 1.97. The Labute approximate surface area is 137 Å². The standard InChI is InChI=1S/C20H21NO2/c1-21(2)17-9-5-14(6-10-17)11-15-7-8-16-12-19(22-3)20(23-4)13-18(15)16/h5-13H,1-4H3/b15-11+. The summed E-state index contributed by atoms with van der Waals surface area (Å²) in [5.74, 6) is 1.51. The monoisotopic (exact) mass is 307 g/mol. The number of anilines is 1. The van der Waals surface area contributed by atoms with Crippen molar-refractivity contribution >= 4 is 23.4 Å². The van der Waals surface area contributed by atoms with Crippen molar-refractivity contribution in [3.05, 3.63) is 59.2 Å². The molecule has 0 heterocycles. The fourth-order valence-electron chi connectivity index (χ4n) is 2.73. The van der Waals surface area contributed by atoms with Gasteiger partial charge in [-0.1, -0.05) is 24.3 Å². The van der Waals surface area contributed by atoms with Gasteiger partial charge in [-0.2, -0.15) is 0 Å². The first-order chi connectivity index (χ1) is 11.1. The van der Waals surface area contributed by atoms with Crippen LogP contribution in [-0.2, 0) is 0 Å². The lowest BCUT2D eigenvalue weighted by molar-refractivity contribution is 0.355. The van der Waals surface area contributed by atoms with Gasteiger partial charge < -0.3 is 14.4 Å². The molecule has 0 bridgehead atoms. The van der Waals surface area contributed by atoms with Crippen LogP contribution in [0.25, 0.3) is 17.7 Å². The molecule has 0 unspecified atom stereocenters. The minimum absolute atomic E-state index is 0.754. The smallest absolute Gasteiger partial charge is 0.161 e. The van der Waals surface area contributed by atoms with Gasteiger partial charge in [-0.25, -0.2) is 0 Å². The fraction of sp³-hybridized carbons (Fsp3) is 0.200. The summed E-state index contributed by atoms with van der Waals surface area (Å²) in [7, 11) is 7.41. The second-order valence-corrected chi connectivity index (χ2v) is 5.71. The molecule has 3 nitrogen and oxygen atoms in total. The lowest BCUT2D eigenvalue weighted by atomic mass is 10.0. The topological polar surface area (TPSA) is 21.7 Å². The Morgan fingerprint density at radius 1 is 0.870 bits per heavy atom. The molecule has 0 amide bonds. The lowest BCUT2D eigenvalue weighted by Crippen LogP contribution is -2.07. The number of benzene rings is 2. The maximum Gasteiger partial charge on any atom is 0.161 e. The van der Waals surface area contributed by atoms with Crippen LogP contribution in [0.15, 0.2) is 42.5 Å². The van der Waals surface area contributed by atoms with Crippen LogP contribution in [0.3, 0.4) is 0 Å². The Bertz CT molecular complexity index is 771. The van der Waals surface area contributed by atoms with Gasteiger partial charge >= 0.3 is 0 Å². The van der Waals surface area contributed by atoms with Crippen LogP contribution >= 0.6 is 0 Å². The van der Waals surface area contributed by atoms with E-state index in [0.29, 0.717) is 0 Å². The summed E-state index contributed by atoms with van der Waals surface area (Å²) in [5, 5.41) is 0. The average Bonchev–Trinajstić information content (AvgIpc) is 2.96. The minimum Gasteiger partial charge on any atom is -0.493 e.